The van der Waals surface area contributed by atoms with E-state index in [-0.39, 0.29) is 17.2 Å². The van der Waals surface area contributed by atoms with Gasteiger partial charge in [-0.3, -0.25) is 4.99 Å². The fraction of sp³-hybridized carbons (Fsp3) is 0.0500. The van der Waals surface area contributed by atoms with Gasteiger partial charge in [-0.05, 0) is 35.9 Å². The number of nitrogens with zero attached hydrogens (tertiary/aromatic N) is 1. The van der Waals surface area contributed by atoms with E-state index in [1.807, 2.05) is 30.3 Å². The summed E-state index contributed by atoms with van der Waals surface area (Å²) < 4.78 is 27.5. The van der Waals surface area contributed by atoms with Crippen LogP contribution in [0.5, 0.6) is 5.75 Å². The van der Waals surface area contributed by atoms with Gasteiger partial charge in [-0.15, -0.1) is 0 Å². The van der Waals surface area contributed by atoms with Crippen LogP contribution in [0, 0.1) is 0 Å². The number of aromatic hydroxyl groups is 1. The molecule has 0 aliphatic carbocycles. The van der Waals surface area contributed by atoms with Gasteiger partial charge in [-0.2, -0.15) is 0 Å². The molecule has 3 aromatic carbocycles. The van der Waals surface area contributed by atoms with Gasteiger partial charge in [-0.1, -0.05) is 48.5 Å². The molecular weight excluding hydrogens is 348 g/mol. The first-order chi connectivity index (χ1) is 12.5. The van der Waals surface area contributed by atoms with Crippen LogP contribution in [0.4, 0.5) is 5.69 Å². The van der Waals surface area contributed by atoms with Crippen molar-refractivity contribution in [2.45, 2.75) is 11.4 Å². The zero-order valence-corrected chi connectivity index (χ0v) is 14.7. The van der Waals surface area contributed by atoms with Crippen LogP contribution < -0.4 is 4.72 Å². The molecule has 5 nitrogen and oxygen atoms in total. The van der Waals surface area contributed by atoms with Gasteiger partial charge in [0.25, 0.3) is 0 Å². The Bertz CT molecular complexity index is 1020. The molecule has 0 spiro atoms. The van der Waals surface area contributed by atoms with Crippen LogP contribution in [-0.4, -0.2) is 19.7 Å². The van der Waals surface area contributed by atoms with Crippen LogP contribution >= 0.6 is 0 Å². The van der Waals surface area contributed by atoms with Crippen molar-refractivity contribution in [3.05, 3.63) is 90.0 Å². The van der Waals surface area contributed by atoms with E-state index in [1.165, 1.54) is 18.3 Å². The topological polar surface area (TPSA) is 78.8 Å². The van der Waals surface area contributed by atoms with Gasteiger partial charge < -0.3 is 5.11 Å². The Kier molecular flexibility index (Phi) is 5.46. The maximum Gasteiger partial charge on any atom is 0.240 e. The monoisotopic (exact) mass is 366 g/mol. The lowest BCUT2D eigenvalue weighted by Crippen LogP contribution is -2.23. The number of aliphatic imine (C=N–C) groups is 1. The summed E-state index contributed by atoms with van der Waals surface area (Å²) in [5.74, 6) is 0.115. The Labute approximate surface area is 152 Å². The van der Waals surface area contributed by atoms with Gasteiger partial charge in [-0.25, -0.2) is 13.1 Å². The minimum absolute atomic E-state index is 0.115. The van der Waals surface area contributed by atoms with E-state index >= 15 is 0 Å². The van der Waals surface area contributed by atoms with Crippen LogP contribution in [0.15, 0.2) is 88.8 Å². The molecule has 0 heterocycles. The molecule has 0 amide bonds. The third-order valence-electron chi connectivity index (χ3n) is 3.73. The van der Waals surface area contributed by atoms with E-state index in [0.29, 0.717) is 11.3 Å². The highest BCUT2D eigenvalue weighted by molar-refractivity contribution is 7.89. The molecule has 0 fully saturated rings. The molecule has 0 saturated carbocycles. The lowest BCUT2D eigenvalue weighted by Gasteiger charge is -2.07. The fourth-order valence-electron chi connectivity index (χ4n) is 2.33. The van der Waals surface area contributed by atoms with Gasteiger partial charge in [0.2, 0.25) is 10.0 Å². The van der Waals surface area contributed by atoms with Gasteiger partial charge >= 0.3 is 0 Å². The predicted molar refractivity (Wildman–Crippen MR) is 102 cm³/mol. The second-order valence-corrected chi connectivity index (χ2v) is 7.39. The molecule has 6 heteroatoms. The van der Waals surface area contributed by atoms with E-state index in [9.17, 15) is 13.5 Å². The van der Waals surface area contributed by atoms with Crippen molar-refractivity contribution in [1.29, 1.82) is 0 Å². The summed E-state index contributed by atoms with van der Waals surface area (Å²) in [5.41, 5.74) is 1.92. The molecule has 0 bridgehead atoms. The van der Waals surface area contributed by atoms with E-state index in [1.54, 1.807) is 36.4 Å². The summed E-state index contributed by atoms with van der Waals surface area (Å²) in [5, 5.41) is 9.75. The van der Waals surface area contributed by atoms with Crippen molar-refractivity contribution in [2.24, 2.45) is 4.99 Å². The summed E-state index contributed by atoms with van der Waals surface area (Å²) >= 11 is 0. The summed E-state index contributed by atoms with van der Waals surface area (Å²) in [6.07, 6.45) is 1.50. The molecule has 0 aliphatic heterocycles. The summed E-state index contributed by atoms with van der Waals surface area (Å²) in [6.45, 7) is 0.217. The van der Waals surface area contributed by atoms with Crippen LogP contribution in [0.2, 0.25) is 0 Å². The molecule has 0 aliphatic rings. The first-order valence-corrected chi connectivity index (χ1v) is 9.49. The highest BCUT2D eigenvalue weighted by atomic mass is 32.2. The minimum Gasteiger partial charge on any atom is -0.507 e. The number of benzene rings is 3. The average Bonchev–Trinajstić information content (AvgIpc) is 2.67. The van der Waals surface area contributed by atoms with Crippen molar-refractivity contribution in [3.8, 4) is 5.75 Å². The van der Waals surface area contributed by atoms with Crippen LogP contribution in [0.1, 0.15) is 11.1 Å². The number of phenolic OH excluding ortho intramolecular Hbond substituents is 1. The van der Waals surface area contributed by atoms with Gasteiger partial charge in [0.15, 0.2) is 0 Å². The molecule has 0 unspecified atom stereocenters. The fourth-order valence-corrected chi connectivity index (χ4v) is 3.39. The first-order valence-electron chi connectivity index (χ1n) is 8.00. The maximum atomic E-state index is 12.5. The Morgan fingerprint density at radius 2 is 1.65 bits per heavy atom. The largest absolute Gasteiger partial charge is 0.507 e. The van der Waals surface area contributed by atoms with Crippen LogP contribution in [-0.2, 0) is 16.6 Å². The maximum absolute atomic E-state index is 12.5. The molecule has 3 aromatic rings. The Balaban J connectivity index is 1.77. The molecule has 0 radical (unpaired) electrons. The number of sulfonamides is 1. The van der Waals surface area contributed by atoms with Gasteiger partial charge in [0, 0.05) is 18.3 Å². The Morgan fingerprint density at radius 1 is 0.923 bits per heavy atom. The lowest BCUT2D eigenvalue weighted by molar-refractivity contribution is 0.474. The minimum atomic E-state index is -3.65. The highest BCUT2D eigenvalue weighted by Gasteiger charge is 2.14. The van der Waals surface area contributed by atoms with Crippen molar-refractivity contribution >= 4 is 21.9 Å². The lowest BCUT2D eigenvalue weighted by atomic mass is 10.2. The average molecular weight is 366 g/mol. The Morgan fingerprint density at radius 3 is 2.42 bits per heavy atom. The van der Waals surface area contributed by atoms with Gasteiger partial charge in [0.05, 0.1) is 10.6 Å². The van der Waals surface area contributed by atoms with E-state index in [2.05, 4.69) is 9.71 Å². The molecule has 3 rings (SSSR count). The molecule has 0 saturated heterocycles. The van der Waals surface area contributed by atoms with Crippen molar-refractivity contribution in [1.82, 2.24) is 4.72 Å². The van der Waals surface area contributed by atoms with Crippen LogP contribution in [0.25, 0.3) is 0 Å². The summed E-state index contributed by atoms with van der Waals surface area (Å²) in [4.78, 5) is 4.39. The molecule has 132 valence electrons. The predicted octanol–water partition coefficient (Wildman–Crippen LogP) is 3.62. The second-order valence-electron chi connectivity index (χ2n) is 5.62. The first kappa shape index (κ1) is 17.8. The highest BCUT2D eigenvalue weighted by Crippen LogP contribution is 2.20. The number of nitrogens with one attached hydrogen (secondary N) is 1. The number of phenols is 1. The van der Waals surface area contributed by atoms with Gasteiger partial charge in [0.1, 0.15) is 5.75 Å². The van der Waals surface area contributed by atoms with Crippen molar-refractivity contribution in [2.75, 3.05) is 0 Å². The zero-order chi connectivity index (χ0) is 18.4. The SMILES string of the molecule is O=S(=O)(NCc1ccccc1)c1cccc(N=Cc2ccccc2O)c1. The molecule has 26 heavy (non-hydrogen) atoms. The van der Waals surface area contributed by atoms with Crippen molar-refractivity contribution < 1.29 is 13.5 Å². The quantitative estimate of drug-likeness (QED) is 0.654. The van der Waals surface area contributed by atoms with E-state index in [4.69, 9.17) is 0 Å². The summed E-state index contributed by atoms with van der Waals surface area (Å²) in [7, 11) is -3.65. The van der Waals surface area contributed by atoms with Crippen LogP contribution in [0.3, 0.4) is 0 Å². The summed E-state index contributed by atoms with van der Waals surface area (Å²) in [6, 6.07) is 22.5. The standard InChI is InChI=1S/C20H18N2O3S/c23-20-12-5-4-9-17(20)15-21-18-10-6-11-19(13-18)26(24,25)22-14-16-7-2-1-3-8-16/h1-13,15,22-23H,14H2. The number of hydrogen-bond acceptors (Lipinski definition) is 4. The Hall–Kier alpha value is -2.96. The zero-order valence-electron chi connectivity index (χ0n) is 13.9. The molecule has 0 aromatic heterocycles. The molecular formula is C20H18N2O3S. The second kappa shape index (κ2) is 7.95. The van der Waals surface area contributed by atoms with E-state index < -0.39 is 10.0 Å². The third-order valence-corrected chi connectivity index (χ3v) is 5.13. The number of rotatable bonds is 6. The smallest absolute Gasteiger partial charge is 0.240 e. The third kappa shape index (κ3) is 4.56. The number of para-hydroxylation sites is 1. The van der Waals surface area contributed by atoms with E-state index in [0.717, 1.165) is 5.56 Å². The molecule has 2 N–H and O–H groups in total. The normalized spacial score (nSPS) is 11.7. The van der Waals surface area contributed by atoms with Crippen molar-refractivity contribution in [3.63, 3.8) is 0 Å². The number of hydrogen-bond donors (Lipinski definition) is 2. The molecule has 0 atom stereocenters.